The summed E-state index contributed by atoms with van der Waals surface area (Å²) >= 11 is 1.89. The summed E-state index contributed by atoms with van der Waals surface area (Å²) in [6.07, 6.45) is 3.48. The lowest BCUT2D eigenvalue weighted by Gasteiger charge is -2.33. The largest absolute Gasteiger partial charge is 0.497 e. The van der Waals surface area contributed by atoms with Crippen LogP contribution < -0.4 is 4.74 Å². The number of fused-ring (bicyclic) bond motifs is 1. The number of piperidine rings is 1. The van der Waals surface area contributed by atoms with Crippen LogP contribution in [0.1, 0.15) is 28.8 Å². The molecule has 2 heterocycles. The first-order valence-corrected chi connectivity index (χ1v) is 12.8. The molecule has 2 aromatic carbocycles. The Morgan fingerprint density at radius 2 is 1.75 bits per heavy atom. The maximum Gasteiger partial charge on any atom is 0.328 e. The predicted molar refractivity (Wildman–Crippen MR) is 138 cm³/mol. The zero-order valence-corrected chi connectivity index (χ0v) is 21.2. The molecule has 8 nitrogen and oxygen atoms in total. The summed E-state index contributed by atoms with van der Waals surface area (Å²) in [5, 5.41) is 15.6. The second kappa shape index (κ2) is 13.7. The van der Waals surface area contributed by atoms with Gasteiger partial charge in [0.05, 0.1) is 7.11 Å². The van der Waals surface area contributed by atoms with Gasteiger partial charge in [0.2, 0.25) is 0 Å². The normalized spacial score (nSPS) is 15.9. The summed E-state index contributed by atoms with van der Waals surface area (Å²) < 4.78 is 5.29. The fourth-order valence-electron chi connectivity index (χ4n) is 4.29. The van der Waals surface area contributed by atoms with E-state index in [9.17, 15) is 14.4 Å². The number of amides is 1. The van der Waals surface area contributed by atoms with Gasteiger partial charge in [0.15, 0.2) is 0 Å². The lowest BCUT2D eigenvalue weighted by atomic mass is 9.96. The minimum atomic E-state index is -1.26. The third kappa shape index (κ3) is 8.42. The van der Waals surface area contributed by atoms with E-state index < -0.39 is 11.9 Å². The number of ether oxygens (including phenoxy) is 1. The van der Waals surface area contributed by atoms with Crippen molar-refractivity contribution in [2.24, 2.45) is 5.92 Å². The molecular formula is C27H32N2O6S. The first-order valence-electron chi connectivity index (χ1n) is 11.9. The van der Waals surface area contributed by atoms with Crippen LogP contribution in [0.5, 0.6) is 5.75 Å². The lowest BCUT2D eigenvalue weighted by Crippen LogP contribution is -2.39. The second-order valence-electron chi connectivity index (χ2n) is 8.67. The predicted octanol–water partition coefficient (Wildman–Crippen LogP) is 3.87. The number of carboxylic acids is 2. The molecule has 1 amide bonds. The van der Waals surface area contributed by atoms with E-state index in [-0.39, 0.29) is 5.91 Å². The standard InChI is InChI=1S/C23H28N2O2S.C4H4O4/c1-27-20-6-4-7-21(15-20)28-14-13-24-11-9-18(10-12-24)16-25-17-19-5-2-3-8-22(19)23(25)26;5-3(6)1-2-4(7)8/h2-8,15,18H,9-14,16-17H2,1H3;1-2H,(H,5,6)(H,7,8)/b;2-1+. The molecule has 1 saturated heterocycles. The van der Waals surface area contributed by atoms with Crippen LogP contribution in [0, 0.1) is 5.92 Å². The number of aliphatic carboxylic acids is 2. The molecule has 1 fully saturated rings. The number of likely N-dealkylation sites (tertiary alicyclic amines) is 1. The van der Waals surface area contributed by atoms with Crippen LogP contribution in [0.25, 0.3) is 0 Å². The Morgan fingerprint density at radius 1 is 1.06 bits per heavy atom. The SMILES string of the molecule is COc1cccc(SCCN2CCC(CN3Cc4ccccc4C3=O)CC2)c1.O=C(O)/C=C/C(=O)O. The van der Waals surface area contributed by atoms with Crippen LogP contribution in [0.2, 0.25) is 0 Å². The van der Waals surface area contributed by atoms with Gasteiger partial charge in [-0.3, -0.25) is 4.79 Å². The zero-order chi connectivity index (χ0) is 25.9. The fourth-order valence-corrected chi connectivity index (χ4v) is 5.25. The molecule has 192 valence electrons. The summed E-state index contributed by atoms with van der Waals surface area (Å²) in [5.74, 6) is 0.343. The minimum absolute atomic E-state index is 0.215. The van der Waals surface area contributed by atoms with Gasteiger partial charge in [-0.05, 0) is 61.7 Å². The number of nitrogens with zero attached hydrogens (tertiary/aromatic N) is 2. The Bertz CT molecular complexity index is 1070. The topological polar surface area (TPSA) is 107 Å². The van der Waals surface area contributed by atoms with Crippen LogP contribution in [0.4, 0.5) is 0 Å². The van der Waals surface area contributed by atoms with Crippen molar-refractivity contribution in [3.05, 3.63) is 71.8 Å². The maximum atomic E-state index is 12.6. The molecule has 2 aliphatic rings. The molecule has 2 aliphatic heterocycles. The van der Waals surface area contributed by atoms with Crippen molar-refractivity contribution in [1.29, 1.82) is 0 Å². The second-order valence-corrected chi connectivity index (χ2v) is 9.83. The Kier molecular flexibility index (Phi) is 10.4. The van der Waals surface area contributed by atoms with Crippen molar-refractivity contribution in [2.45, 2.75) is 24.3 Å². The molecule has 0 aromatic heterocycles. The summed E-state index contributed by atoms with van der Waals surface area (Å²) in [4.78, 5) is 37.5. The van der Waals surface area contributed by atoms with E-state index in [0.717, 1.165) is 49.8 Å². The number of carboxylic acid groups (broad SMARTS) is 2. The summed E-state index contributed by atoms with van der Waals surface area (Å²) in [6, 6.07) is 16.3. The van der Waals surface area contributed by atoms with E-state index >= 15 is 0 Å². The smallest absolute Gasteiger partial charge is 0.328 e. The molecule has 9 heteroatoms. The summed E-state index contributed by atoms with van der Waals surface area (Å²) in [6.45, 7) is 5.08. The van der Waals surface area contributed by atoms with Crippen LogP contribution in [0.15, 0.2) is 65.6 Å². The Morgan fingerprint density at radius 3 is 2.39 bits per heavy atom. The maximum absolute atomic E-state index is 12.6. The highest BCUT2D eigenvalue weighted by Gasteiger charge is 2.29. The van der Waals surface area contributed by atoms with Gasteiger partial charge in [-0.2, -0.15) is 0 Å². The monoisotopic (exact) mass is 512 g/mol. The summed E-state index contributed by atoms with van der Waals surface area (Å²) in [7, 11) is 1.71. The Labute approximate surface area is 215 Å². The molecule has 2 N–H and O–H groups in total. The molecular weight excluding hydrogens is 480 g/mol. The molecule has 2 aromatic rings. The number of hydrogen-bond acceptors (Lipinski definition) is 6. The Hall–Kier alpha value is -3.30. The van der Waals surface area contributed by atoms with Crippen LogP contribution >= 0.6 is 11.8 Å². The highest BCUT2D eigenvalue weighted by Crippen LogP contribution is 2.27. The molecule has 0 radical (unpaired) electrons. The van der Waals surface area contributed by atoms with Crippen molar-refractivity contribution in [1.82, 2.24) is 9.80 Å². The van der Waals surface area contributed by atoms with E-state index in [0.29, 0.717) is 18.1 Å². The van der Waals surface area contributed by atoms with Crippen molar-refractivity contribution < 1.29 is 29.3 Å². The first-order chi connectivity index (χ1) is 17.4. The number of hydrogen-bond donors (Lipinski definition) is 2. The Balaban J connectivity index is 0.000000392. The number of thioether (sulfide) groups is 1. The van der Waals surface area contributed by atoms with Crippen molar-refractivity contribution in [3.8, 4) is 5.75 Å². The van der Waals surface area contributed by atoms with Gasteiger partial charge in [0.1, 0.15) is 5.75 Å². The average Bonchev–Trinajstić information content (AvgIpc) is 3.19. The molecule has 0 atom stereocenters. The first kappa shape index (κ1) is 27.3. The molecule has 0 spiro atoms. The van der Waals surface area contributed by atoms with E-state index in [4.69, 9.17) is 14.9 Å². The molecule has 0 aliphatic carbocycles. The van der Waals surface area contributed by atoms with Gasteiger partial charge in [0, 0.05) is 48.0 Å². The molecule has 4 rings (SSSR count). The minimum Gasteiger partial charge on any atom is -0.497 e. The van der Waals surface area contributed by atoms with Gasteiger partial charge >= 0.3 is 11.9 Å². The van der Waals surface area contributed by atoms with Crippen molar-refractivity contribution in [3.63, 3.8) is 0 Å². The number of carbonyl (C=O) groups is 3. The average molecular weight is 513 g/mol. The van der Waals surface area contributed by atoms with E-state index in [1.54, 1.807) is 7.11 Å². The van der Waals surface area contributed by atoms with Crippen molar-refractivity contribution in [2.75, 3.05) is 39.0 Å². The van der Waals surface area contributed by atoms with Gasteiger partial charge in [-0.25, -0.2) is 9.59 Å². The molecule has 0 bridgehead atoms. The number of benzene rings is 2. The van der Waals surface area contributed by atoms with Crippen LogP contribution in [0.3, 0.4) is 0 Å². The highest BCUT2D eigenvalue weighted by atomic mass is 32.2. The van der Waals surface area contributed by atoms with E-state index in [1.165, 1.54) is 23.3 Å². The van der Waals surface area contributed by atoms with Gasteiger partial charge in [0.25, 0.3) is 5.91 Å². The number of methoxy groups -OCH3 is 1. The molecule has 0 saturated carbocycles. The third-order valence-electron chi connectivity index (χ3n) is 6.17. The number of carbonyl (C=O) groups excluding carboxylic acids is 1. The van der Waals surface area contributed by atoms with Gasteiger partial charge < -0.3 is 24.7 Å². The molecule has 36 heavy (non-hydrogen) atoms. The quantitative estimate of drug-likeness (QED) is 0.385. The van der Waals surface area contributed by atoms with E-state index in [1.807, 2.05) is 47.0 Å². The molecule has 0 unspecified atom stereocenters. The fraction of sp³-hybridized carbons (Fsp3) is 0.370. The van der Waals surface area contributed by atoms with E-state index in [2.05, 4.69) is 23.1 Å². The van der Waals surface area contributed by atoms with Gasteiger partial charge in [-0.15, -0.1) is 11.8 Å². The zero-order valence-electron chi connectivity index (χ0n) is 20.3. The van der Waals surface area contributed by atoms with Gasteiger partial charge in [-0.1, -0.05) is 24.3 Å². The lowest BCUT2D eigenvalue weighted by molar-refractivity contribution is -0.134. The number of rotatable bonds is 9. The third-order valence-corrected chi connectivity index (χ3v) is 7.14. The van der Waals surface area contributed by atoms with Crippen LogP contribution in [-0.2, 0) is 16.1 Å². The van der Waals surface area contributed by atoms with Crippen LogP contribution in [-0.4, -0.2) is 76.9 Å². The highest BCUT2D eigenvalue weighted by molar-refractivity contribution is 7.99. The summed E-state index contributed by atoms with van der Waals surface area (Å²) in [5.41, 5.74) is 2.08. The van der Waals surface area contributed by atoms with Crippen molar-refractivity contribution >= 4 is 29.6 Å².